The molecule has 2 fully saturated rings. The fraction of sp³-hybridized carbons (Fsp3) is 0.632. The predicted octanol–water partition coefficient (Wildman–Crippen LogP) is 2.47. The largest absolute Gasteiger partial charge is 0.393 e. The van der Waals surface area contributed by atoms with E-state index in [0.717, 1.165) is 0 Å². The number of rotatable bonds is 4. The molecule has 2 atom stereocenters. The Morgan fingerprint density at radius 2 is 1.76 bits per heavy atom. The average Bonchev–Trinajstić information content (AvgIpc) is 2.68. The van der Waals surface area contributed by atoms with Gasteiger partial charge in [-0.2, -0.15) is 17.5 Å². The Labute approximate surface area is 169 Å². The zero-order chi connectivity index (χ0) is 21.2. The number of amides is 1. The molecule has 0 spiro atoms. The summed E-state index contributed by atoms with van der Waals surface area (Å²) in [6, 6.07) is 4.52. The number of piperazine rings is 1. The van der Waals surface area contributed by atoms with E-state index in [0.29, 0.717) is 39.0 Å². The summed E-state index contributed by atoms with van der Waals surface area (Å²) in [4.78, 5) is 14.6. The predicted molar refractivity (Wildman–Crippen MR) is 102 cm³/mol. The van der Waals surface area contributed by atoms with Crippen molar-refractivity contribution in [3.05, 3.63) is 29.8 Å². The summed E-state index contributed by atoms with van der Waals surface area (Å²) >= 11 is 0. The second-order valence-corrected chi connectivity index (χ2v) is 9.69. The van der Waals surface area contributed by atoms with Gasteiger partial charge in [0.05, 0.1) is 10.8 Å². The lowest BCUT2D eigenvalue weighted by atomic mass is 9.84. The van der Waals surface area contributed by atoms with Crippen molar-refractivity contribution >= 4 is 15.9 Å². The Bertz CT molecular complexity index is 837. The van der Waals surface area contributed by atoms with Gasteiger partial charge in [0.15, 0.2) is 0 Å². The maximum atomic E-state index is 13.3. The fourth-order valence-electron chi connectivity index (χ4n) is 3.92. The molecular weight excluding hydrogens is 407 g/mol. The highest BCUT2D eigenvalue weighted by Gasteiger charge is 2.46. The number of hydrogen-bond acceptors (Lipinski definition) is 4. The molecule has 1 aliphatic heterocycles. The van der Waals surface area contributed by atoms with E-state index in [1.165, 1.54) is 28.6 Å². The first-order valence-electron chi connectivity index (χ1n) is 9.75. The van der Waals surface area contributed by atoms with Crippen LogP contribution in [-0.4, -0.2) is 69.0 Å². The summed E-state index contributed by atoms with van der Waals surface area (Å²) in [5.74, 6) is -2.25. The van der Waals surface area contributed by atoms with Crippen LogP contribution in [0.2, 0.25) is 0 Å². The molecule has 1 saturated carbocycles. The minimum Gasteiger partial charge on any atom is -0.349 e. The van der Waals surface area contributed by atoms with Crippen molar-refractivity contribution in [3.63, 3.8) is 0 Å². The molecular formula is C19H26F3N3O3S. The normalized spacial score (nSPS) is 25.0. The fourth-order valence-corrected chi connectivity index (χ4v) is 5.39. The molecule has 0 aromatic heterocycles. The first-order chi connectivity index (χ1) is 13.6. The summed E-state index contributed by atoms with van der Waals surface area (Å²) in [7, 11) is -1.85. The van der Waals surface area contributed by atoms with Gasteiger partial charge < -0.3 is 10.2 Å². The number of alkyl halides is 3. The van der Waals surface area contributed by atoms with Crippen LogP contribution in [0.15, 0.2) is 29.2 Å². The molecule has 1 N–H and O–H groups in total. The molecule has 2 unspecified atom stereocenters. The van der Waals surface area contributed by atoms with Gasteiger partial charge in [-0.3, -0.25) is 4.79 Å². The summed E-state index contributed by atoms with van der Waals surface area (Å²) in [6.45, 7) is 1.93. The molecule has 1 heterocycles. The summed E-state index contributed by atoms with van der Waals surface area (Å²) < 4.78 is 66.9. The Balaban J connectivity index is 1.75. The number of carbonyl (C=O) groups is 1. The Morgan fingerprint density at radius 3 is 2.41 bits per heavy atom. The number of nitrogens with zero attached hydrogens (tertiary/aromatic N) is 2. The molecule has 1 aliphatic carbocycles. The van der Waals surface area contributed by atoms with Crippen LogP contribution in [0.25, 0.3) is 0 Å². The third kappa shape index (κ3) is 5.10. The quantitative estimate of drug-likeness (QED) is 0.792. The van der Waals surface area contributed by atoms with Crippen LogP contribution < -0.4 is 5.32 Å². The van der Waals surface area contributed by atoms with Crippen LogP contribution in [-0.2, 0) is 10.0 Å². The zero-order valence-corrected chi connectivity index (χ0v) is 17.1. The monoisotopic (exact) mass is 433 g/mol. The van der Waals surface area contributed by atoms with Crippen LogP contribution in [0.5, 0.6) is 0 Å². The molecule has 6 nitrogen and oxygen atoms in total. The standard InChI is InChI=1S/C19H26F3N3O3S/c1-24-9-11-25(12-10-24)29(27,28)15-6-4-5-14(13-15)18(26)23-17-8-3-2-7-16(17)19(20,21)22/h4-6,13,16-17H,2-3,7-12H2,1H3,(H,23,26). The minimum atomic E-state index is -4.37. The number of carbonyl (C=O) groups excluding carboxylic acids is 1. The summed E-state index contributed by atoms with van der Waals surface area (Å²) in [5.41, 5.74) is 0.0479. The van der Waals surface area contributed by atoms with E-state index in [1.54, 1.807) is 0 Å². The van der Waals surface area contributed by atoms with E-state index < -0.39 is 34.1 Å². The first-order valence-corrected chi connectivity index (χ1v) is 11.2. The van der Waals surface area contributed by atoms with Crippen molar-refractivity contribution in [2.45, 2.75) is 42.8 Å². The van der Waals surface area contributed by atoms with E-state index in [9.17, 15) is 26.4 Å². The van der Waals surface area contributed by atoms with E-state index in [-0.39, 0.29) is 23.3 Å². The second-order valence-electron chi connectivity index (χ2n) is 7.75. The Kier molecular flexibility index (Phi) is 6.54. The van der Waals surface area contributed by atoms with Gasteiger partial charge in [-0.05, 0) is 38.1 Å². The third-order valence-electron chi connectivity index (χ3n) is 5.70. The van der Waals surface area contributed by atoms with Crippen LogP contribution >= 0.6 is 0 Å². The van der Waals surface area contributed by atoms with E-state index >= 15 is 0 Å². The van der Waals surface area contributed by atoms with Crippen molar-refractivity contribution in [2.24, 2.45) is 5.92 Å². The van der Waals surface area contributed by atoms with Crippen molar-refractivity contribution in [3.8, 4) is 0 Å². The molecule has 1 aromatic rings. The van der Waals surface area contributed by atoms with Crippen molar-refractivity contribution < 1.29 is 26.4 Å². The lowest BCUT2D eigenvalue weighted by molar-refractivity contribution is -0.187. The highest BCUT2D eigenvalue weighted by Crippen LogP contribution is 2.37. The van der Waals surface area contributed by atoms with Crippen LogP contribution in [0.1, 0.15) is 36.0 Å². The van der Waals surface area contributed by atoms with Crippen LogP contribution in [0.3, 0.4) is 0 Å². The number of likely N-dealkylation sites (N-methyl/N-ethyl adjacent to an activating group) is 1. The molecule has 2 aliphatic rings. The summed E-state index contributed by atoms with van der Waals surface area (Å²) in [5, 5.41) is 2.48. The Morgan fingerprint density at radius 1 is 1.10 bits per heavy atom. The van der Waals surface area contributed by atoms with Crippen molar-refractivity contribution in [1.82, 2.24) is 14.5 Å². The third-order valence-corrected chi connectivity index (χ3v) is 7.59. The molecule has 1 saturated heterocycles. The molecule has 162 valence electrons. The molecule has 0 bridgehead atoms. The summed E-state index contributed by atoms with van der Waals surface area (Å²) in [6.07, 6.45) is -3.02. The van der Waals surface area contributed by atoms with Gasteiger partial charge >= 0.3 is 6.18 Å². The van der Waals surface area contributed by atoms with Gasteiger partial charge in [0.25, 0.3) is 5.91 Å². The molecule has 10 heteroatoms. The van der Waals surface area contributed by atoms with E-state index in [2.05, 4.69) is 5.32 Å². The molecule has 3 rings (SSSR count). The number of halogens is 3. The van der Waals surface area contributed by atoms with Gasteiger partial charge in [-0.25, -0.2) is 8.42 Å². The van der Waals surface area contributed by atoms with Gasteiger partial charge in [-0.15, -0.1) is 0 Å². The number of sulfonamides is 1. The number of hydrogen-bond donors (Lipinski definition) is 1. The van der Waals surface area contributed by atoms with E-state index in [4.69, 9.17) is 0 Å². The van der Waals surface area contributed by atoms with E-state index in [1.807, 2.05) is 11.9 Å². The first kappa shape index (κ1) is 22.0. The highest BCUT2D eigenvalue weighted by atomic mass is 32.2. The molecule has 1 amide bonds. The maximum Gasteiger partial charge on any atom is 0.393 e. The lowest BCUT2D eigenvalue weighted by Crippen LogP contribution is -2.48. The molecule has 1 aromatic carbocycles. The van der Waals surface area contributed by atoms with Gasteiger partial charge in [0.1, 0.15) is 0 Å². The smallest absolute Gasteiger partial charge is 0.349 e. The zero-order valence-electron chi connectivity index (χ0n) is 16.3. The number of benzene rings is 1. The topological polar surface area (TPSA) is 69.7 Å². The number of nitrogens with one attached hydrogen (secondary N) is 1. The highest BCUT2D eigenvalue weighted by molar-refractivity contribution is 7.89. The van der Waals surface area contributed by atoms with Crippen molar-refractivity contribution in [1.29, 1.82) is 0 Å². The maximum absolute atomic E-state index is 13.3. The SMILES string of the molecule is CN1CCN(S(=O)(=O)c2cccc(C(=O)NC3CCCCC3C(F)(F)F)c2)CC1. The van der Waals surface area contributed by atoms with Gasteiger partial charge in [0.2, 0.25) is 10.0 Å². The minimum absolute atomic E-state index is 0.00767. The van der Waals surface area contributed by atoms with Gasteiger partial charge in [0, 0.05) is 37.8 Å². The molecule has 0 radical (unpaired) electrons. The molecule has 29 heavy (non-hydrogen) atoms. The van der Waals surface area contributed by atoms with Crippen LogP contribution in [0.4, 0.5) is 13.2 Å². The lowest BCUT2D eigenvalue weighted by Gasteiger charge is -2.33. The van der Waals surface area contributed by atoms with Crippen LogP contribution in [0, 0.1) is 5.92 Å². The van der Waals surface area contributed by atoms with Crippen molar-refractivity contribution in [2.75, 3.05) is 33.2 Å². The average molecular weight is 433 g/mol. The van der Waals surface area contributed by atoms with Gasteiger partial charge in [-0.1, -0.05) is 18.9 Å². The second kappa shape index (κ2) is 8.61. The Hall–Kier alpha value is -1.65.